The zero-order chi connectivity index (χ0) is 25.5. The van der Waals surface area contributed by atoms with Gasteiger partial charge in [-0.15, -0.1) is 0 Å². The van der Waals surface area contributed by atoms with E-state index in [-0.39, 0.29) is 5.41 Å². The average Bonchev–Trinajstić information content (AvgIpc) is 2.89. The molecule has 0 aliphatic rings. The van der Waals surface area contributed by atoms with E-state index >= 15 is 0 Å². The molecule has 0 aliphatic carbocycles. The number of hydrogen-bond donors (Lipinski definition) is 1. The first-order valence-electron chi connectivity index (χ1n) is 13.0. The summed E-state index contributed by atoms with van der Waals surface area (Å²) in [6.07, 6.45) is 3.36. The van der Waals surface area contributed by atoms with Crippen molar-refractivity contribution in [3.63, 3.8) is 0 Å². The van der Waals surface area contributed by atoms with Crippen molar-refractivity contribution in [3.05, 3.63) is 94.5 Å². The van der Waals surface area contributed by atoms with Crippen LogP contribution in [0.25, 0.3) is 0 Å². The molecule has 3 aromatic rings. The van der Waals surface area contributed by atoms with Crippen LogP contribution >= 0.6 is 0 Å². The van der Waals surface area contributed by atoms with Crippen molar-refractivity contribution in [2.45, 2.75) is 84.8 Å². The molecule has 188 valence electrons. The van der Waals surface area contributed by atoms with E-state index in [9.17, 15) is 5.11 Å². The molecule has 0 amide bonds. The lowest BCUT2D eigenvalue weighted by molar-refractivity contribution is -0.0115. The molecule has 0 fully saturated rings. The molecule has 0 heterocycles. The fraction of sp³-hybridized carbons (Fsp3) is 0.438. The number of hydrogen-bond acceptors (Lipinski definition) is 3. The Morgan fingerprint density at radius 1 is 0.657 bits per heavy atom. The molecule has 0 spiro atoms. The summed E-state index contributed by atoms with van der Waals surface area (Å²) in [7, 11) is 0. The average molecular weight is 475 g/mol. The van der Waals surface area contributed by atoms with Crippen LogP contribution in [-0.2, 0) is 12.0 Å². The molecule has 0 saturated heterocycles. The second-order valence-corrected chi connectivity index (χ2v) is 9.74. The first kappa shape index (κ1) is 26.8. The van der Waals surface area contributed by atoms with Gasteiger partial charge in [0.15, 0.2) is 0 Å². The van der Waals surface area contributed by atoms with Crippen LogP contribution in [0, 0.1) is 13.8 Å². The van der Waals surface area contributed by atoms with Crippen molar-refractivity contribution < 1.29 is 14.6 Å². The zero-order valence-electron chi connectivity index (χ0n) is 22.4. The molecule has 3 aromatic carbocycles. The van der Waals surface area contributed by atoms with Crippen molar-refractivity contribution in [2.24, 2.45) is 0 Å². The van der Waals surface area contributed by atoms with E-state index < -0.39 is 5.60 Å². The Kier molecular flexibility index (Phi) is 9.02. The summed E-state index contributed by atoms with van der Waals surface area (Å²) in [6, 6.07) is 23.4. The van der Waals surface area contributed by atoms with Gasteiger partial charge in [0.1, 0.15) is 24.7 Å². The number of rotatable bonds is 12. The van der Waals surface area contributed by atoms with Crippen LogP contribution in [0.1, 0.15) is 81.2 Å². The lowest BCUT2D eigenvalue weighted by Crippen LogP contribution is -2.34. The Hall–Kier alpha value is -2.78. The van der Waals surface area contributed by atoms with Gasteiger partial charge < -0.3 is 14.6 Å². The summed E-state index contributed by atoms with van der Waals surface area (Å²) in [6.45, 7) is 13.6. The highest BCUT2D eigenvalue weighted by Crippen LogP contribution is 2.41. The first-order chi connectivity index (χ1) is 16.8. The van der Waals surface area contributed by atoms with Gasteiger partial charge in [-0.05, 0) is 79.5 Å². The smallest absolute Gasteiger partial charge is 0.122 e. The quantitative estimate of drug-likeness (QED) is 0.290. The third-order valence-electron chi connectivity index (χ3n) is 7.71. The lowest BCUT2D eigenvalue weighted by Gasteiger charge is -2.34. The van der Waals surface area contributed by atoms with Crippen LogP contribution in [0.15, 0.2) is 66.7 Å². The fourth-order valence-electron chi connectivity index (χ4n) is 4.85. The second-order valence-electron chi connectivity index (χ2n) is 9.74. The standard InChI is InChI=1S/C32H42O3/c1-7-31(33,8-2)23-35-30-19-17-28(21-25(30)6)32(9-3,10-4)27-16-18-29(24(5)20-27)34-22-26-14-12-11-13-15-26/h11-21,33H,7-10,22-23H2,1-6H3. The van der Waals surface area contributed by atoms with Crippen molar-refractivity contribution in [1.29, 1.82) is 0 Å². The molecule has 0 radical (unpaired) electrons. The van der Waals surface area contributed by atoms with Crippen LogP contribution < -0.4 is 9.47 Å². The highest BCUT2D eigenvalue weighted by Gasteiger charge is 2.32. The van der Waals surface area contributed by atoms with Gasteiger partial charge in [-0.2, -0.15) is 0 Å². The highest BCUT2D eigenvalue weighted by atomic mass is 16.5. The monoisotopic (exact) mass is 474 g/mol. The molecule has 1 N–H and O–H groups in total. The van der Waals surface area contributed by atoms with Gasteiger partial charge >= 0.3 is 0 Å². The van der Waals surface area contributed by atoms with E-state index in [0.29, 0.717) is 26.1 Å². The summed E-state index contributed by atoms with van der Waals surface area (Å²) in [5.41, 5.74) is 5.17. The third-order valence-corrected chi connectivity index (χ3v) is 7.71. The lowest BCUT2D eigenvalue weighted by atomic mass is 9.70. The van der Waals surface area contributed by atoms with Gasteiger partial charge in [0.25, 0.3) is 0 Å². The van der Waals surface area contributed by atoms with Gasteiger partial charge in [-0.1, -0.05) is 82.3 Å². The van der Waals surface area contributed by atoms with Gasteiger partial charge in [0.05, 0.1) is 5.60 Å². The number of aryl methyl sites for hydroxylation is 2. The first-order valence-corrected chi connectivity index (χ1v) is 13.0. The van der Waals surface area contributed by atoms with E-state index in [1.165, 1.54) is 16.7 Å². The van der Waals surface area contributed by atoms with Crippen LogP contribution in [-0.4, -0.2) is 17.3 Å². The molecule has 3 nitrogen and oxygen atoms in total. The largest absolute Gasteiger partial charge is 0.490 e. The van der Waals surface area contributed by atoms with E-state index in [1.807, 2.05) is 32.0 Å². The highest BCUT2D eigenvalue weighted by molar-refractivity contribution is 5.48. The molecule has 3 heteroatoms. The summed E-state index contributed by atoms with van der Waals surface area (Å²) in [5.74, 6) is 1.77. The van der Waals surface area contributed by atoms with Gasteiger partial charge in [-0.3, -0.25) is 0 Å². The van der Waals surface area contributed by atoms with E-state index in [2.05, 4.69) is 76.2 Å². The molecule has 0 atom stereocenters. The maximum atomic E-state index is 10.6. The minimum absolute atomic E-state index is 0.0837. The Balaban J connectivity index is 1.84. The van der Waals surface area contributed by atoms with Gasteiger partial charge in [0, 0.05) is 5.41 Å². The van der Waals surface area contributed by atoms with Crippen LogP contribution in [0.2, 0.25) is 0 Å². The van der Waals surface area contributed by atoms with Crippen LogP contribution in [0.3, 0.4) is 0 Å². The Morgan fingerprint density at radius 2 is 1.17 bits per heavy atom. The summed E-state index contributed by atoms with van der Waals surface area (Å²) >= 11 is 0. The third kappa shape index (κ3) is 6.08. The predicted octanol–water partition coefficient (Wildman–Crippen LogP) is 7.92. The van der Waals surface area contributed by atoms with Gasteiger partial charge in [0.2, 0.25) is 0 Å². The minimum Gasteiger partial charge on any atom is -0.490 e. The number of aliphatic hydroxyl groups is 1. The Bertz CT molecular complexity index is 1080. The summed E-state index contributed by atoms with van der Waals surface area (Å²) in [5, 5.41) is 10.6. The number of ether oxygens (including phenoxy) is 2. The molecular weight excluding hydrogens is 432 g/mol. The summed E-state index contributed by atoms with van der Waals surface area (Å²) in [4.78, 5) is 0. The zero-order valence-corrected chi connectivity index (χ0v) is 22.4. The molecule has 0 aliphatic heterocycles. The second kappa shape index (κ2) is 11.8. The Morgan fingerprint density at radius 3 is 1.63 bits per heavy atom. The van der Waals surface area contributed by atoms with Gasteiger partial charge in [-0.25, -0.2) is 0 Å². The van der Waals surface area contributed by atoms with E-state index in [0.717, 1.165) is 35.5 Å². The normalized spacial score (nSPS) is 12.0. The van der Waals surface area contributed by atoms with Crippen molar-refractivity contribution >= 4 is 0 Å². The van der Waals surface area contributed by atoms with Crippen LogP contribution in [0.4, 0.5) is 0 Å². The molecule has 35 heavy (non-hydrogen) atoms. The maximum Gasteiger partial charge on any atom is 0.122 e. The predicted molar refractivity (Wildman–Crippen MR) is 146 cm³/mol. The van der Waals surface area contributed by atoms with Crippen LogP contribution in [0.5, 0.6) is 11.5 Å². The number of benzene rings is 3. The molecule has 0 aromatic heterocycles. The molecule has 0 unspecified atom stereocenters. The van der Waals surface area contributed by atoms with E-state index in [1.54, 1.807) is 0 Å². The molecule has 0 saturated carbocycles. The molecule has 0 bridgehead atoms. The molecule has 3 rings (SSSR count). The topological polar surface area (TPSA) is 38.7 Å². The van der Waals surface area contributed by atoms with Crippen molar-refractivity contribution in [1.82, 2.24) is 0 Å². The van der Waals surface area contributed by atoms with Crippen molar-refractivity contribution in [3.8, 4) is 11.5 Å². The maximum absolute atomic E-state index is 10.6. The summed E-state index contributed by atoms with van der Waals surface area (Å²) < 4.78 is 12.2. The minimum atomic E-state index is -0.774. The van der Waals surface area contributed by atoms with Crippen molar-refractivity contribution in [2.75, 3.05) is 6.61 Å². The van der Waals surface area contributed by atoms with E-state index in [4.69, 9.17) is 9.47 Å². The SMILES string of the molecule is CCC(O)(CC)COc1ccc(C(CC)(CC)c2ccc(OCc3ccccc3)c(C)c2)cc1C. The fourth-order valence-corrected chi connectivity index (χ4v) is 4.85. The Labute approximate surface area is 212 Å². The molecular formula is C32H42O3.